The zero-order valence-electron chi connectivity index (χ0n) is 15.8. The lowest BCUT2D eigenvalue weighted by molar-refractivity contribution is 0.344. The van der Waals surface area contributed by atoms with Crippen LogP contribution in [0.3, 0.4) is 0 Å². The number of pyridine rings is 1. The molecule has 5 rings (SSSR count). The fraction of sp³-hybridized carbons (Fsp3) is 0.174. The summed E-state index contributed by atoms with van der Waals surface area (Å²) in [4.78, 5) is 10.8. The zero-order chi connectivity index (χ0) is 19.8. The first-order valence-electron chi connectivity index (χ1n) is 9.47. The third kappa shape index (κ3) is 2.82. The van der Waals surface area contributed by atoms with Crippen LogP contribution in [-0.4, -0.2) is 18.0 Å². The molecule has 3 aromatic heterocycles. The fourth-order valence-electron chi connectivity index (χ4n) is 3.90. The third-order valence-corrected chi connectivity index (χ3v) is 6.10. The molecule has 0 aliphatic heterocycles. The summed E-state index contributed by atoms with van der Waals surface area (Å²) in [6, 6.07) is 14.5. The lowest BCUT2D eigenvalue weighted by Gasteiger charge is -2.21. The monoisotopic (exact) mass is 399 g/mol. The second-order valence-corrected chi connectivity index (χ2v) is 7.71. The van der Waals surface area contributed by atoms with Crippen molar-refractivity contribution in [2.24, 2.45) is 4.99 Å². The Morgan fingerprint density at radius 2 is 2.17 bits per heavy atom. The van der Waals surface area contributed by atoms with Crippen molar-refractivity contribution in [1.29, 1.82) is 5.26 Å². The van der Waals surface area contributed by atoms with Crippen molar-refractivity contribution in [3.05, 3.63) is 58.7 Å². The highest BCUT2D eigenvalue weighted by Gasteiger charge is 2.28. The highest BCUT2D eigenvalue weighted by atomic mass is 32.1. The Balaban J connectivity index is 1.88. The molecular formula is C23H17N3O2S. The molecule has 5 nitrogen and oxygen atoms in total. The Hall–Kier alpha value is -3.43. The minimum Gasteiger partial charge on any atom is -0.483 e. The van der Waals surface area contributed by atoms with Crippen molar-refractivity contribution < 1.29 is 9.15 Å². The number of fused-ring (bicyclic) bond motifs is 4. The lowest BCUT2D eigenvalue weighted by Crippen LogP contribution is -2.07. The van der Waals surface area contributed by atoms with E-state index >= 15 is 0 Å². The first-order chi connectivity index (χ1) is 14.3. The second kappa shape index (κ2) is 7.19. The first-order valence-corrected chi connectivity index (χ1v) is 10.3. The van der Waals surface area contributed by atoms with Gasteiger partial charge in [-0.2, -0.15) is 5.26 Å². The van der Waals surface area contributed by atoms with Gasteiger partial charge in [-0.1, -0.05) is 24.3 Å². The fourth-order valence-corrected chi connectivity index (χ4v) is 4.83. The molecule has 1 aromatic carbocycles. The molecule has 1 aliphatic rings. The van der Waals surface area contributed by atoms with Gasteiger partial charge in [0, 0.05) is 16.5 Å². The maximum absolute atomic E-state index is 9.72. The predicted molar refractivity (Wildman–Crippen MR) is 115 cm³/mol. The minimum atomic E-state index is 0.517. The average Bonchev–Trinajstić information content (AvgIpc) is 3.40. The molecule has 0 radical (unpaired) electrons. The van der Waals surface area contributed by atoms with Gasteiger partial charge in [0.1, 0.15) is 27.2 Å². The molecule has 4 aromatic rings. The molecule has 0 saturated carbocycles. The van der Waals surface area contributed by atoms with Crippen molar-refractivity contribution in [1.82, 2.24) is 4.98 Å². The van der Waals surface area contributed by atoms with E-state index in [4.69, 9.17) is 14.1 Å². The first kappa shape index (κ1) is 17.7. The predicted octanol–water partition coefficient (Wildman–Crippen LogP) is 5.89. The summed E-state index contributed by atoms with van der Waals surface area (Å²) in [5, 5.41) is 10.6. The summed E-state index contributed by atoms with van der Waals surface area (Å²) in [6.07, 6.45) is 4.88. The molecule has 0 N–H and O–H groups in total. The maximum atomic E-state index is 9.72. The van der Waals surface area contributed by atoms with Crippen LogP contribution in [0.5, 0.6) is 0 Å². The van der Waals surface area contributed by atoms with Gasteiger partial charge in [-0.3, -0.25) is 0 Å². The van der Waals surface area contributed by atoms with Crippen molar-refractivity contribution in [3.63, 3.8) is 0 Å². The molecule has 3 heterocycles. The van der Waals surface area contributed by atoms with Gasteiger partial charge in [-0.15, -0.1) is 11.3 Å². The van der Waals surface area contributed by atoms with Gasteiger partial charge < -0.3 is 9.15 Å². The molecule has 0 unspecified atom stereocenters. The number of aromatic nitrogens is 1. The van der Waals surface area contributed by atoms with Gasteiger partial charge in [-0.25, -0.2) is 9.98 Å². The SMILES string of the molecule is CCOC=Nc1c(C#N)sc2nc3c(c(-c4ccco4)c12)CCc1ccccc1-3. The van der Waals surface area contributed by atoms with Crippen molar-refractivity contribution in [2.45, 2.75) is 19.8 Å². The van der Waals surface area contributed by atoms with Crippen LogP contribution >= 0.6 is 11.3 Å². The van der Waals surface area contributed by atoms with E-state index in [9.17, 15) is 5.26 Å². The number of ether oxygens (including phenoxy) is 1. The largest absolute Gasteiger partial charge is 0.483 e. The smallest absolute Gasteiger partial charge is 0.174 e. The van der Waals surface area contributed by atoms with Gasteiger partial charge >= 0.3 is 0 Å². The third-order valence-electron chi connectivity index (χ3n) is 5.12. The standard InChI is InChI=1S/C23H17N3O2S/c1-2-27-13-25-22-18(12-24)29-23-20(22)19(17-8-5-11-28-17)16-10-9-14-6-3-4-7-15(14)21(16)26-23/h3-8,11,13H,2,9-10H2,1H3. The number of nitriles is 1. The number of thiophene rings is 1. The topological polar surface area (TPSA) is 71.4 Å². The lowest BCUT2D eigenvalue weighted by atomic mass is 9.85. The van der Waals surface area contributed by atoms with Crippen molar-refractivity contribution in [3.8, 4) is 28.7 Å². The molecule has 0 saturated heterocycles. The quantitative estimate of drug-likeness (QED) is 0.317. The summed E-state index contributed by atoms with van der Waals surface area (Å²) < 4.78 is 11.1. The molecule has 6 heteroatoms. The molecule has 0 spiro atoms. The maximum Gasteiger partial charge on any atom is 0.174 e. The van der Waals surface area contributed by atoms with E-state index in [2.05, 4.69) is 29.3 Å². The number of hydrogen-bond donors (Lipinski definition) is 0. The van der Waals surface area contributed by atoms with E-state index in [0.29, 0.717) is 17.2 Å². The second-order valence-electron chi connectivity index (χ2n) is 6.71. The molecule has 29 heavy (non-hydrogen) atoms. The van der Waals surface area contributed by atoms with Crippen LogP contribution in [0.1, 0.15) is 22.9 Å². The average molecular weight is 399 g/mol. The molecule has 0 amide bonds. The number of benzene rings is 1. The molecular weight excluding hydrogens is 382 g/mol. The zero-order valence-corrected chi connectivity index (χ0v) is 16.6. The van der Waals surface area contributed by atoms with Crippen LogP contribution in [0.15, 0.2) is 52.1 Å². The van der Waals surface area contributed by atoms with E-state index < -0.39 is 0 Å². The molecule has 142 valence electrons. The van der Waals surface area contributed by atoms with Crippen LogP contribution in [0.4, 0.5) is 5.69 Å². The van der Waals surface area contributed by atoms with Gasteiger partial charge in [0.15, 0.2) is 6.40 Å². The van der Waals surface area contributed by atoms with E-state index in [-0.39, 0.29) is 0 Å². The van der Waals surface area contributed by atoms with Crippen LogP contribution in [0.25, 0.3) is 32.8 Å². The van der Waals surface area contributed by atoms with Crippen molar-refractivity contribution >= 4 is 33.6 Å². The molecule has 0 bridgehead atoms. The number of rotatable bonds is 4. The van der Waals surface area contributed by atoms with Crippen LogP contribution in [0.2, 0.25) is 0 Å². The highest BCUT2D eigenvalue weighted by Crippen LogP contribution is 2.48. The summed E-state index contributed by atoms with van der Waals surface area (Å²) in [6.45, 7) is 2.41. The Labute approximate surface area is 171 Å². The Morgan fingerprint density at radius 1 is 1.28 bits per heavy atom. The summed E-state index contributed by atoms with van der Waals surface area (Å²) in [7, 11) is 0. The number of furan rings is 1. The normalized spacial score (nSPS) is 12.7. The van der Waals surface area contributed by atoms with Crippen molar-refractivity contribution in [2.75, 3.05) is 6.61 Å². The summed E-state index contributed by atoms with van der Waals surface area (Å²) in [5.41, 5.74) is 6.13. The molecule has 1 aliphatic carbocycles. The highest BCUT2D eigenvalue weighted by molar-refractivity contribution is 7.20. The number of aliphatic imine (C=N–C) groups is 1. The van der Waals surface area contributed by atoms with Crippen LogP contribution < -0.4 is 0 Å². The molecule has 0 fully saturated rings. The number of hydrogen-bond acceptors (Lipinski definition) is 6. The van der Waals surface area contributed by atoms with Gasteiger partial charge in [0.2, 0.25) is 0 Å². The van der Waals surface area contributed by atoms with E-state index in [1.54, 1.807) is 6.26 Å². The van der Waals surface area contributed by atoms with E-state index in [0.717, 1.165) is 51.2 Å². The van der Waals surface area contributed by atoms with E-state index in [1.165, 1.54) is 23.3 Å². The van der Waals surface area contributed by atoms with Gasteiger partial charge in [-0.05, 0) is 43.0 Å². The Kier molecular flexibility index (Phi) is 4.38. The number of nitrogens with zero attached hydrogens (tertiary/aromatic N) is 3. The van der Waals surface area contributed by atoms with E-state index in [1.807, 2.05) is 25.1 Å². The number of aryl methyl sites for hydroxylation is 1. The summed E-state index contributed by atoms with van der Waals surface area (Å²) in [5.74, 6) is 0.767. The van der Waals surface area contributed by atoms with Gasteiger partial charge in [0.25, 0.3) is 0 Å². The summed E-state index contributed by atoms with van der Waals surface area (Å²) >= 11 is 1.36. The Morgan fingerprint density at radius 3 is 2.97 bits per heavy atom. The van der Waals surface area contributed by atoms with Crippen LogP contribution in [-0.2, 0) is 17.6 Å². The van der Waals surface area contributed by atoms with Gasteiger partial charge in [0.05, 0.1) is 18.6 Å². The van der Waals surface area contributed by atoms with Crippen LogP contribution in [0, 0.1) is 11.3 Å². The molecule has 0 atom stereocenters. The Bertz CT molecular complexity index is 1280. The minimum absolute atomic E-state index is 0.517.